The molecule has 0 fully saturated rings. The summed E-state index contributed by atoms with van der Waals surface area (Å²) in [5, 5.41) is 0.709. The molecule has 2 aromatic heterocycles. The molecular weight excluding hydrogens is 426 g/mol. The largest absolute Gasteiger partial charge is 0.355 e. The van der Waals surface area contributed by atoms with Crippen LogP contribution in [-0.4, -0.2) is 14.5 Å². The van der Waals surface area contributed by atoms with Crippen LogP contribution in [0.5, 0.6) is 0 Å². The van der Waals surface area contributed by atoms with Crippen LogP contribution in [0, 0.1) is 0 Å². The van der Waals surface area contributed by atoms with Crippen LogP contribution >= 0.6 is 11.8 Å². The number of thioether (sulfide) groups is 1. The van der Waals surface area contributed by atoms with Crippen LogP contribution in [0.25, 0.3) is 28.2 Å². The molecule has 162 valence electrons. The van der Waals surface area contributed by atoms with Gasteiger partial charge in [0.2, 0.25) is 0 Å². The van der Waals surface area contributed by atoms with Crippen molar-refractivity contribution < 1.29 is 0 Å². The Morgan fingerprint density at radius 3 is 2.30 bits per heavy atom. The number of aromatic nitrogens is 3. The van der Waals surface area contributed by atoms with Crippen molar-refractivity contribution in [2.45, 2.75) is 17.5 Å². The van der Waals surface area contributed by atoms with Gasteiger partial charge in [0, 0.05) is 17.5 Å². The zero-order chi connectivity index (χ0) is 22.6. The lowest BCUT2D eigenvalue weighted by Gasteiger charge is -2.13. The summed E-state index contributed by atoms with van der Waals surface area (Å²) in [5.41, 5.74) is 6.47. The average molecular weight is 450 g/mol. The second kappa shape index (κ2) is 9.35. The third-order valence-corrected chi connectivity index (χ3v) is 6.65. The Morgan fingerprint density at radius 2 is 1.61 bits per heavy atom. The van der Waals surface area contributed by atoms with Crippen LogP contribution in [0.1, 0.15) is 16.7 Å². The highest BCUT2D eigenvalue weighted by atomic mass is 32.2. The Balaban J connectivity index is 1.58. The van der Waals surface area contributed by atoms with E-state index in [4.69, 9.17) is 4.98 Å². The molecule has 0 aliphatic heterocycles. The monoisotopic (exact) mass is 449 g/mol. The van der Waals surface area contributed by atoms with Gasteiger partial charge in [0.05, 0.1) is 6.54 Å². The summed E-state index contributed by atoms with van der Waals surface area (Å²) >= 11 is 1.58. The van der Waals surface area contributed by atoms with E-state index in [-0.39, 0.29) is 5.56 Å². The highest BCUT2D eigenvalue weighted by molar-refractivity contribution is 7.98. The molecule has 1 N–H and O–H groups in total. The smallest absolute Gasteiger partial charge is 0.278 e. The Morgan fingerprint density at radius 1 is 0.909 bits per heavy atom. The maximum Gasteiger partial charge on any atom is 0.278 e. The minimum atomic E-state index is -0.0597. The van der Waals surface area contributed by atoms with Crippen LogP contribution in [0.4, 0.5) is 0 Å². The Kier molecular flexibility index (Phi) is 5.96. The van der Waals surface area contributed by atoms with Gasteiger partial charge in [0.1, 0.15) is 11.0 Å². The van der Waals surface area contributed by atoms with Crippen molar-refractivity contribution in [1.29, 1.82) is 0 Å². The van der Waals surface area contributed by atoms with Crippen molar-refractivity contribution >= 4 is 28.9 Å². The second-order valence-corrected chi connectivity index (χ2v) is 8.74. The highest BCUT2D eigenvalue weighted by Crippen LogP contribution is 2.29. The van der Waals surface area contributed by atoms with Gasteiger partial charge >= 0.3 is 0 Å². The van der Waals surface area contributed by atoms with E-state index in [1.165, 1.54) is 5.56 Å². The normalized spacial score (nSPS) is 11.0. The third-order valence-electron chi connectivity index (χ3n) is 5.60. The van der Waals surface area contributed by atoms with Gasteiger partial charge in [-0.3, -0.25) is 9.36 Å². The number of nitrogens with zero attached hydrogens (tertiary/aromatic N) is 2. The zero-order valence-electron chi connectivity index (χ0n) is 18.1. The molecule has 0 aliphatic rings. The van der Waals surface area contributed by atoms with Crippen LogP contribution in [-0.2, 0) is 12.3 Å². The van der Waals surface area contributed by atoms with Crippen LogP contribution in [0.3, 0.4) is 0 Å². The first kappa shape index (κ1) is 21.0. The minimum Gasteiger partial charge on any atom is -0.355 e. The number of rotatable bonds is 7. The van der Waals surface area contributed by atoms with Gasteiger partial charge in [-0.05, 0) is 22.3 Å². The van der Waals surface area contributed by atoms with Gasteiger partial charge in [-0.25, -0.2) is 4.98 Å². The van der Waals surface area contributed by atoms with Crippen molar-refractivity contribution in [2.75, 3.05) is 0 Å². The summed E-state index contributed by atoms with van der Waals surface area (Å²) in [5.74, 6) is 0.718. The standard InChI is InChI=1S/C28H23N3OS/c1-2-20-13-15-22(16-14-20)19-33-28-30-25-24(23-11-7-4-8-12-23)17-29-26(25)27(32)31(28)18-21-9-5-3-6-10-21/h2-17,29H,1,18-19H2. The predicted octanol–water partition coefficient (Wildman–Crippen LogP) is 6.38. The first-order valence-electron chi connectivity index (χ1n) is 10.8. The molecule has 0 saturated heterocycles. The molecule has 0 radical (unpaired) electrons. The minimum absolute atomic E-state index is 0.0597. The summed E-state index contributed by atoms with van der Waals surface area (Å²) in [6, 6.07) is 28.3. The zero-order valence-corrected chi connectivity index (χ0v) is 18.9. The number of nitrogens with one attached hydrogen (secondary N) is 1. The van der Waals surface area contributed by atoms with E-state index in [2.05, 4.69) is 35.8 Å². The molecule has 0 bridgehead atoms. The molecule has 5 heteroatoms. The van der Waals surface area contributed by atoms with E-state index < -0.39 is 0 Å². The van der Waals surface area contributed by atoms with Gasteiger partial charge in [-0.1, -0.05) is 109 Å². The highest BCUT2D eigenvalue weighted by Gasteiger charge is 2.17. The van der Waals surface area contributed by atoms with Crippen molar-refractivity contribution in [3.05, 3.63) is 125 Å². The first-order chi connectivity index (χ1) is 16.2. The van der Waals surface area contributed by atoms with Crippen LogP contribution in [0.2, 0.25) is 0 Å². The molecule has 0 atom stereocenters. The lowest BCUT2D eigenvalue weighted by atomic mass is 10.1. The quantitative estimate of drug-likeness (QED) is 0.232. The van der Waals surface area contributed by atoms with E-state index in [9.17, 15) is 4.79 Å². The third kappa shape index (κ3) is 4.41. The Hall–Kier alpha value is -3.83. The van der Waals surface area contributed by atoms with E-state index in [0.717, 1.165) is 28.0 Å². The fourth-order valence-electron chi connectivity index (χ4n) is 3.82. The van der Waals surface area contributed by atoms with E-state index in [0.29, 0.717) is 22.7 Å². The van der Waals surface area contributed by atoms with Crippen molar-refractivity contribution in [2.24, 2.45) is 0 Å². The topological polar surface area (TPSA) is 50.7 Å². The predicted molar refractivity (Wildman–Crippen MR) is 137 cm³/mol. The molecule has 4 nitrogen and oxygen atoms in total. The number of fused-ring (bicyclic) bond motifs is 1. The molecule has 0 aliphatic carbocycles. The van der Waals surface area contributed by atoms with Crippen molar-refractivity contribution in [3.63, 3.8) is 0 Å². The van der Waals surface area contributed by atoms with E-state index >= 15 is 0 Å². The molecule has 0 amide bonds. The number of benzene rings is 3. The SMILES string of the molecule is C=Cc1ccc(CSc2nc3c(-c4ccccc4)c[nH]c3c(=O)n2Cc2ccccc2)cc1. The lowest BCUT2D eigenvalue weighted by Crippen LogP contribution is -2.24. The Bertz CT molecular complexity index is 1450. The molecule has 5 rings (SSSR count). The maximum atomic E-state index is 13.6. The van der Waals surface area contributed by atoms with Crippen molar-refractivity contribution in [1.82, 2.24) is 14.5 Å². The van der Waals surface area contributed by atoms with Gasteiger partial charge in [-0.15, -0.1) is 0 Å². The maximum absolute atomic E-state index is 13.6. The van der Waals surface area contributed by atoms with Gasteiger partial charge in [0.15, 0.2) is 5.16 Å². The fraction of sp³-hybridized carbons (Fsp3) is 0.0714. The van der Waals surface area contributed by atoms with E-state index in [1.54, 1.807) is 16.3 Å². The molecule has 2 heterocycles. The molecular formula is C28H23N3OS. The van der Waals surface area contributed by atoms with Crippen LogP contribution in [0.15, 0.2) is 108 Å². The summed E-state index contributed by atoms with van der Waals surface area (Å²) in [6.07, 6.45) is 3.71. The first-order valence-corrected chi connectivity index (χ1v) is 11.8. The summed E-state index contributed by atoms with van der Waals surface area (Å²) in [7, 11) is 0. The number of H-pyrrole nitrogens is 1. The molecule has 0 saturated carbocycles. The summed E-state index contributed by atoms with van der Waals surface area (Å²) < 4.78 is 1.77. The number of hydrogen-bond acceptors (Lipinski definition) is 3. The molecule has 0 spiro atoms. The van der Waals surface area contributed by atoms with Gasteiger partial charge in [0.25, 0.3) is 5.56 Å². The molecule has 5 aromatic rings. The number of aromatic amines is 1. The van der Waals surface area contributed by atoms with Gasteiger partial charge in [-0.2, -0.15) is 0 Å². The average Bonchev–Trinajstić information content (AvgIpc) is 3.30. The lowest BCUT2D eigenvalue weighted by molar-refractivity contribution is 0.657. The number of hydrogen-bond donors (Lipinski definition) is 1. The molecule has 0 unspecified atom stereocenters. The fourth-order valence-corrected chi connectivity index (χ4v) is 4.77. The van der Waals surface area contributed by atoms with Crippen molar-refractivity contribution in [3.8, 4) is 11.1 Å². The molecule has 33 heavy (non-hydrogen) atoms. The van der Waals surface area contributed by atoms with E-state index in [1.807, 2.05) is 72.9 Å². The second-order valence-electron chi connectivity index (χ2n) is 7.80. The summed E-state index contributed by atoms with van der Waals surface area (Å²) in [6.45, 7) is 4.29. The van der Waals surface area contributed by atoms with Gasteiger partial charge < -0.3 is 4.98 Å². The molecule has 3 aromatic carbocycles. The summed E-state index contributed by atoms with van der Waals surface area (Å²) in [4.78, 5) is 21.7. The van der Waals surface area contributed by atoms with Crippen LogP contribution < -0.4 is 5.56 Å². The Labute approximate surface area is 196 Å².